The third-order valence-electron chi connectivity index (χ3n) is 4.40. The summed E-state index contributed by atoms with van der Waals surface area (Å²) in [6.07, 6.45) is 0. The van der Waals surface area contributed by atoms with E-state index < -0.39 is 5.91 Å². The van der Waals surface area contributed by atoms with Crippen molar-refractivity contribution in [3.63, 3.8) is 0 Å². The molecule has 26 heavy (non-hydrogen) atoms. The number of nitrogens with two attached hydrogens (primary N) is 1. The molecule has 134 valence electrons. The average molecular weight is 349 g/mol. The first kappa shape index (κ1) is 17.7. The zero-order valence-electron chi connectivity index (χ0n) is 15.5. The van der Waals surface area contributed by atoms with Gasteiger partial charge in [0, 0.05) is 16.8 Å². The van der Waals surface area contributed by atoms with Gasteiger partial charge in [0.05, 0.1) is 11.1 Å². The Balaban J connectivity index is 2.33. The lowest BCUT2D eigenvalue weighted by Gasteiger charge is -2.10. The Bertz CT molecular complexity index is 1020. The summed E-state index contributed by atoms with van der Waals surface area (Å²) < 4.78 is 1.83. The Morgan fingerprint density at radius 2 is 1.73 bits per heavy atom. The maximum absolute atomic E-state index is 11.1. The highest BCUT2D eigenvalue weighted by Gasteiger charge is 2.20. The fraction of sp³-hybridized carbons (Fsp3) is 0.238. The van der Waals surface area contributed by atoms with E-state index in [-0.39, 0.29) is 12.4 Å². The lowest BCUT2D eigenvalue weighted by atomic mass is 10.1. The van der Waals surface area contributed by atoms with Crippen molar-refractivity contribution in [1.82, 2.24) is 4.57 Å². The Morgan fingerprint density at radius 3 is 2.35 bits per heavy atom. The molecule has 0 aliphatic carbocycles. The molecule has 5 heteroatoms. The molecule has 0 unspecified atom stereocenters. The summed E-state index contributed by atoms with van der Waals surface area (Å²) in [5, 5.41) is 11.9. The van der Waals surface area contributed by atoms with E-state index in [1.807, 2.05) is 55.7 Å². The minimum absolute atomic E-state index is 0.104. The second kappa shape index (κ2) is 6.67. The molecule has 3 rings (SSSR count). The molecular formula is C21H23N3O2. The molecule has 1 amide bonds. The number of amides is 1. The van der Waals surface area contributed by atoms with E-state index in [1.165, 1.54) is 0 Å². The smallest absolute Gasteiger partial charge is 0.239 e. The molecule has 1 aromatic heterocycles. The molecule has 0 spiro atoms. The van der Waals surface area contributed by atoms with Gasteiger partial charge in [0.2, 0.25) is 11.8 Å². The van der Waals surface area contributed by atoms with Crippen LogP contribution in [0, 0.1) is 20.8 Å². The first-order chi connectivity index (χ1) is 12.3. The van der Waals surface area contributed by atoms with E-state index >= 15 is 0 Å². The molecule has 0 aliphatic rings. The first-order valence-corrected chi connectivity index (χ1v) is 8.50. The number of nitrogens with zero attached hydrogens (tertiary/aromatic N) is 2. The summed E-state index contributed by atoms with van der Waals surface area (Å²) in [6.45, 7) is 7.76. The minimum atomic E-state index is -0.502. The van der Waals surface area contributed by atoms with Gasteiger partial charge < -0.3 is 10.8 Å². The Hall–Kier alpha value is -3.08. The van der Waals surface area contributed by atoms with Crippen LogP contribution in [-0.4, -0.2) is 27.8 Å². The second-order valence-electron chi connectivity index (χ2n) is 6.77. The molecule has 5 nitrogen and oxygen atoms in total. The van der Waals surface area contributed by atoms with E-state index in [2.05, 4.69) is 11.1 Å². The van der Waals surface area contributed by atoms with Crippen molar-refractivity contribution in [3.8, 4) is 11.6 Å². The summed E-state index contributed by atoms with van der Waals surface area (Å²) >= 11 is 0. The molecular weight excluding hydrogens is 326 g/mol. The van der Waals surface area contributed by atoms with Gasteiger partial charge in [-0.15, -0.1) is 0 Å². The number of hydrogen-bond donors (Lipinski definition) is 2. The van der Waals surface area contributed by atoms with E-state index in [4.69, 9.17) is 5.73 Å². The zero-order chi connectivity index (χ0) is 19.0. The number of aliphatic imine (C=N–C) groups is 1. The van der Waals surface area contributed by atoms with Gasteiger partial charge >= 0.3 is 0 Å². The van der Waals surface area contributed by atoms with Crippen molar-refractivity contribution in [2.24, 2.45) is 10.7 Å². The number of aryl methyl sites for hydroxylation is 3. The van der Waals surface area contributed by atoms with Crippen LogP contribution in [0.5, 0.6) is 5.88 Å². The molecule has 0 aliphatic heterocycles. The van der Waals surface area contributed by atoms with Gasteiger partial charge in [-0.05, 0) is 62.6 Å². The van der Waals surface area contributed by atoms with E-state index in [1.54, 1.807) is 6.92 Å². The average Bonchev–Trinajstić information content (AvgIpc) is 2.82. The summed E-state index contributed by atoms with van der Waals surface area (Å²) in [4.78, 5) is 15.3. The highest BCUT2D eigenvalue weighted by Crippen LogP contribution is 2.36. The van der Waals surface area contributed by atoms with Crippen molar-refractivity contribution in [2.75, 3.05) is 6.54 Å². The molecule has 0 atom stereocenters. The highest BCUT2D eigenvalue weighted by atomic mass is 16.3. The van der Waals surface area contributed by atoms with Gasteiger partial charge in [0.1, 0.15) is 6.54 Å². The lowest BCUT2D eigenvalue weighted by Crippen LogP contribution is -2.15. The molecule has 0 saturated carbocycles. The minimum Gasteiger partial charge on any atom is -0.494 e. The van der Waals surface area contributed by atoms with Crippen LogP contribution in [0.25, 0.3) is 16.6 Å². The largest absolute Gasteiger partial charge is 0.494 e. The van der Waals surface area contributed by atoms with Crippen molar-refractivity contribution in [3.05, 3.63) is 58.7 Å². The number of primary amides is 1. The maximum Gasteiger partial charge on any atom is 0.239 e. The Labute approximate surface area is 152 Å². The monoisotopic (exact) mass is 349 g/mol. The van der Waals surface area contributed by atoms with Crippen LogP contribution in [0.4, 0.5) is 0 Å². The third kappa shape index (κ3) is 3.20. The number of aromatic hydroxyl groups is 1. The van der Waals surface area contributed by atoms with Crippen molar-refractivity contribution >= 4 is 22.5 Å². The number of carbonyl (C=O) groups is 1. The standard InChI is InChI=1S/C21H23N3O2/c1-12-5-6-17-18(10-12)24(16-8-13(2)7-14(3)9-16)21(26)20(17)15(4)23-11-19(22)25/h5-10,26H,11H2,1-4H3,(H2,22,25). The molecule has 2 aromatic carbocycles. The summed E-state index contributed by atoms with van der Waals surface area (Å²) in [5.74, 6) is -0.390. The van der Waals surface area contributed by atoms with Gasteiger partial charge in [0.25, 0.3) is 0 Å². The van der Waals surface area contributed by atoms with Crippen molar-refractivity contribution in [2.45, 2.75) is 27.7 Å². The van der Waals surface area contributed by atoms with Crippen LogP contribution in [-0.2, 0) is 4.79 Å². The third-order valence-corrected chi connectivity index (χ3v) is 4.40. The summed E-state index contributed by atoms with van der Waals surface area (Å²) in [5.41, 5.74) is 11.5. The van der Waals surface area contributed by atoms with Crippen molar-refractivity contribution < 1.29 is 9.90 Å². The predicted molar refractivity (Wildman–Crippen MR) is 105 cm³/mol. The lowest BCUT2D eigenvalue weighted by molar-refractivity contribution is -0.116. The van der Waals surface area contributed by atoms with Gasteiger partial charge in [-0.1, -0.05) is 18.2 Å². The molecule has 0 fully saturated rings. The van der Waals surface area contributed by atoms with Crippen LogP contribution >= 0.6 is 0 Å². The van der Waals surface area contributed by atoms with E-state index in [0.29, 0.717) is 11.3 Å². The van der Waals surface area contributed by atoms with E-state index in [9.17, 15) is 9.90 Å². The Morgan fingerprint density at radius 1 is 1.08 bits per heavy atom. The summed E-state index contributed by atoms with van der Waals surface area (Å²) in [7, 11) is 0. The topological polar surface area (TPSA) is 80.6 Å². The number of hydrogen-bond acceptors (Lipinski definition) is 3. The molecule has 0 radical (unpaired) electrons. The number of rotatable bonds is 4. The molecule has 3 aromatic rings. The normalized spacial score (nSPS) is 11.9. The number of carbonyl (C=O) groups excluding carboxylic acids is 1. The zero-order valence-corrected chi connectivity index (χ0v) is 15.5. The van der Waals surface area contributed by atoms with Gasteiger partial charge in [-0.3, -0.25) is 14.4 Å². The fourth-order valence-corrected chi connectivity index (χ4v) is 3.36. The first-order valence-electron chi connectivity index (χ1n) is 8.50. The van der Waals surface area contributed by atoms with Crippen LogP contribution in [0.3, 0.4) is 0 Å². The van der Waals surface area contributed by atoms with Crippen LogP contribution < -0.4 is 5.73 Å². The van der Waals surface area contributed by atoms with Crippen molar-refractivity contribution in [1.29, 1.82) is 0 Å². The number of benzene rings is 2. The van der Waals surface area contributed by atoms with Gasteiger partial charge in [-0.25, -0.2) is 0 Å². The van der Waals surface area contributed by atoms with Crippen LogP contribution in [0.15, 0.2) is 41.4 Å². The summed E-state index contributed by atoms with van der Waals surface area (Å²) in [6, 6.07) is 12.2. The van der Waals surface area contributed by atoms with Crippen LogP contribution in [0.2, 0.25) is 0 Å². The predicted octanol–water partition coefficient (Wildman–Crippen LogP) is 3.56. The van der Waals surface area contributed by atoms with Crippen LogP contribution in [0.1, 0.15) is 29.2 Å². The van der Waals surface area contributed by atoms with Gasteiger partial charge in [-0.2, -0.15) is 0 Å². The number of aromatic nitrogens is 1. The molecule has 3 N–H and O–H groups in total. The molecule has 0 bridgehead atoms. The quantitative estimate of drug-likeness (QED) is 0.706. The number of fused-ring (bicyclic) bond motifs is 1. The van der Waals surface area contributed by atoms with E-state index in [0.717, 1.165) is 33.3 Å². The maximum atomic E-state index is 11.1. The molecule has 0 saturated heterocycles. The fourth-order valence-electron chi connectivity index (χ4n) is 3.36. The SMILES string of the molecule is CC(=NCC(N)=O)c1c(O)n(-c2cc(C)cc(C)c2)c2cc(C)ccc12. The van der Waals surface area contributed by atoms with Gasteiger partial charge in [0.15, 0.2) is 0 Å². The highest BCUT2D eigenvalue weighted by molar-refractivity contribution is 6.13. The molecule has 1 heterocycles. The Kier molecular flexibility index (Phi) is 4.55. The second-order valence-corrected chi connectivity index (χ2v) is 6.77.